The molecule has 1 aliphatic rings. The summed E-state index contributed by atoms with van der Waals surface area (Å²) in [6.45, 7) is 4.15. The Labute approximate surface area is 99.5 Å². The molecule has 0 aromatic heterocycles. The molecule has 1 N–H and O–H groups in total. The van der Waals surface area contributed by atoms with E-state index in [2.05, 4.69) is 0 Å². The predicted molar refractivity (Wildman–Crippen MR) is 57.9 cm³/mol. The van der Waals surface area contributed by atoms with Gasteiger partial charge in [0.05, 0.1) is 6.54 Å². The summed E-state index contributed by atoms with van der Waals surface area (Å²) in [4.78, 5) is 12.6. The molecule has 1 aliphatic heterocycles. The topological polar surface area (TPSA) is 49.8 Å². The summed E-state index contributed by atoms with van der Waals surface area (Å²) >= 11 is 0. The van der Waals surface area contributed by atoms with Crippen molar-refractivity contribution in [3.63, 3.8) is 0 Å². The molecule has 0 unspecified atom stereocenters. The second-order valence-corrected chi connectivity index (χ2v) is 5.47. The van der Waals surface area contributed by atoms with Crippen LogP contribution in [0.25, 0.3) is 0 Å². The van der Waals surface area contributed by atoms with E-state index in [1.807, 2.05) is 0 Å². The van der Waals surface area contributed by atoms with Crippen LogP contribution in [0.15, 0.2) is 0 Å². The molecule has 17 heavy (non-hydrogen) atoms. The molecule has 0 aliphatic carbocycles. The largest absolute Gasteiger partial charge is 0.444 e. The summed E-state index contributed by atoms with van der Waals surface area (Å²) in [5.41, 5.74) is -0.710. The number of aliphatic hydroxyl groups is 1. The van der Waals surface area contributed by atoms with Crippen LogP contribution < -0.4 is 0 Å². The van der Waals surface area contributed by atoms with Crippen molar-refractivity contribution in [1.82, 2.24) is 4.90 Å². The Hall–Kier alpha value is -0.910. The third-order valence-electron chi connectivity index (χ3n) is 2.40. The van der Waals surface area contributed by atoms with Crippen LogP contribution >= 0.6 is 0 Å². The lowest BCUT2D eigenvalue weighted by molar-refractivity contribution is -0.0930. The lowest BCUT2D eigenvalue weighted by Crippen LogP contribution is -2.51. The Morgan fingerprint density at radius 1 is 1.53 bits per heavy atom. The van der Waals surface area contributed by atoms with Crippen molar-refractivity contribution in [2.45, 2.75) is 38.7 Å². The van der Waals surface area contributed by atoms with Gasteiger partial charge in [0, 0.05) is 25.5 Å². The maximum absolute atomic E-state index is 13.3. The van der Waals surface area contributed by atoms with Gasteiger partial charge in [0.25, 0.3) is 5.92 Å². The van der Waals surface area contributed by atoms with E-state index in [9.17, 15) is 13.6 Å². The number of carbonyl (C=O) groups is 1. The number of carbonyl (C=O) groups excluding carboxylic acids is 1. The second kappa shape index (κ2) is 4.76. The minimum absolute atomic E-state index is 0.112. The van der Waals surface area contributed by atoms with Crippen LogP contribution in [0.5, 0.6) is 0 Å². The van der Waals surface area contributed by atoms with E-state index in [0.29, 0.717) is 0 Å². The maximum Gasteiger partial charge on any atom is 0.410 e. The number of hydrogen-bond donors (Lipinski definition) is 1. The summed E-state index contributed by atoms with van der Waals surface area (Å²) < 4.78 is 31.7. The fourth-order valence-electron chi connectivity index (χ4n) is 1.79. The number of rotatable bonds is 1. The lowest BCUT2D eigenvalue weighted by Gasteiger charge is -2.37. The number of nitrogens with zero attached hydrogens (tertiary/aromatic N) is 1. The third-order valence-corrected chi connectivity index (χ3v) is 2.40. The van der Waals surface area contributed by atoms with E-state index < -0.39 is 30.1 Å². The van der Waals surface area contributed by atoms with Crippen molar-refractivity contribution in [3.8, 4) is 0 Å². The van der Waals surface area contributed by atoms with Crippen molar-refractivity contribution >= 4 is 6.09 Å². The van der Waals surface area contributed by atoms with Crippen molar-refractivity contribution in [2.24, 2.45) is 5.92 Å². The number of amides is 1. The first kappa shape index (κ1) is 14.2. The number of ether oxygens (including phenoxy) is 1. The van der Waals surface area contributed by atoms with E-state index in [-0.39, 0.29) is 19.6 Å². The van der Waals surface area contributed by atoms with Crippen LogP contribution in [0.1, 0.15) is 27.2 Å². The molecular weight excluding hydrogens is 232 g/mol. The van der Waals surface area contributed by atoms with Gasteiger partial charge in [-0.3, -0.25) is 0 Å². The Kier molecular flexibility index (Phi) is 3.96. The van der Waals surface area contributed by atoms with Gasteiger partial charge in [-0.25, -0.2) is 13.6 Å². The smallest absolute Gasteiger partial charge is 0.410 e. The average molecular weight is 251 g/mol. The second-order valence-electron chi connectivity index (χ2n) is 5.47. The monoisotopic (exact) mass is 251 g/mol. The lowest BCUT2D eigenvalue weighted by atomic mass is 9.96. The van der Waals surface area contributed by atoms with E-state index >= 15 is 0 Å². The third kappa shape index (κ3) is 4.46. The first-order valence-electron chi connectivity index (χ1n) is 5.59. The Morgan fingerprint density at radius 3 is 2.59 bits per heavy atom. The molecule has 1 amide bonds. The highest BCUT2D eigenvalue weighted by atomic mass is 19.3. The van der Waals surface area contributed by atoms with Crippen molar-refractivity contribution in [3.05, 3.63) is 0 Å². The summed E-state index contributed by atoms with van der Waals surface area (Å²) in [5, 5.41) is 8.94. The van der Waals surface area contributed by atoms with Crippen molar-refractivity contribution in [2.75, 3.05) is 19.7 Å². The molecule has 0 saturated carbocycles. The molecule has 4 nitrogen and oxygen atoms in total. The van der Waals surface area contributed by atoms with Gasteiger partial charge >= 0.3 is 6.09 Å². The fraction of sp³-hybridized carbons (Fsp3) is 0.909. The van der Waals surface area contributed by atoms with Crippen LogP contribution in [0.2, 0.25) is 0 Å². The summed E-state index contributed by atoms with van der Waals surface area (Å²) in [7, 11) is 0. The number of alkyl halides is 2. The highest BCUT2D eigenvalue weighted by Crippen LogP contribution is 2.30. The number of halogens is 2. The number of piperidine rings is 1. The molecule has 6 heteroatoms. The first-order valence-corrected chi connectivity index (χ1v) is 5.59. The van der Waals surface area contributed by atoms with Crippen LogP contribution in [-0.2, 0) is 4.74 Å². The highest BCUT2D eigenvalue weighted by molar-refractivity contribution is 5.68. The Balaban J connectivity index is 2.67. The van der Waals surface area contributed by atoms with Crippen LogP contribution in [0, 0.1) is 5.92 Å². The summed E-state index contributed by atoms with van der Waals surface area (Å²) in [5.74, 6) is -3.55. The van der Waals surface area contributed by atoms with E-state index in [4.69, 9.17) is 9.84 Å². The van der Waals surface area contributed by atoms with Crippen LogP contribution in [0.3, 0.4) is 0 Å². The molecule has 1 rings (SSSR count). The highest BCUT2D eigenvalue weighted by Gasteiger charge is 2.42. The average Bonchev–Trinajstić information content (AvgIpc) is 2.12. The number of hydrogen-bond acceptors (Lipinski definition) is 3. The van der Waals surface area contributed by atoms with Gasteiger partial charge in [-0.2, -0.15) is 0 Å². The van der Waals surface area contributed by atoms with E-state index in [1.54, 1.807) is 20.8 Å². The van der Waals surface area contributed by atoms with Gasteiger partial charge in [0.2, 0.25) is 0 Å². The first-order chi connectivity index (χ1) is 7.63. The predicted octanol–water partition coefficient (Wildman–Crippen LogP) is 1.87. The Morgan fingerprint density at radius 2 is 2.12 bits per heavy atom. The van der Waals surface area contributed by atoms with E-state index in [0.717, 1.165) is 4.90 Å². The van der Waals surface area contributed by atoms with Crippen molar-refractivity contribution < 1.29 is 23.4 Å². The molecule has 0 radical (unpaired) electrons. The van der Waals surface area contributed by atoms with Gasteiger partial charge in [-0.05, 0) is 20.8 Å². The SMILES string of the molecule is CC(C)(C)OC(=O)N1C[C@H](CO)CC(F)(F)C1. The molecule has 0 aromatic rings. The van der Waals surface area contributed by atoms with Gasteiger partial charge in [0.1, 0.15) is 5.60 Å². The van der Waals surface area contributed by atoms with Crippen molar-refractivity contribution in [1.29, 1.82) is 0 Å². The fourth-order valence-corrected chi connectivity index (χ4v) is 1.79. The van der Waals surface area contributed by atoms with Gasteiger partial charge in [-0.15, -0.1) is 0 Å². The number of likely N-dealkylation sites (tertiary alicyclic amines) is 1. The number of aliphatic hydroxyl groups excluding tert-OH is 1. The van der Waals surface area contributed by atoms with Gasteiger partial charge in [0.15, 0.2) is 0 Å². The summed E-state index contributed by atoms with van der Waals surface area (Å²) in [6.07, 6.45) is -1.14. The molecule has 1 heterocycles. The Bertz CT molecular complexity index is 289. The quantitative estimate of drug-likeness (QED) is 0.774. The molecule has 0 spiro atoms. The van der Waals surface area contributed by atoms with Crippen LogP contribution in [-0.4, -0.2) is 47.3 Å². The zero-order chi connectivity index (χ0) is 13.3. The van der Waals surface area contributed by atoms with E-state index in [1.165, 1.54) is 0 Å². The molecule has 1 saturated heterocycles. The molecular formula is C11H19F2NO3. The standard InChI is InChI=1S/C11H19F2NO3/c1-10(2,3)17-9(16)14-5-8(6-15)4-11(12,13)7-14/h8,15H,4-7H2,1-3H3/t8-/m1/s1. The van der Waals surface area contributed by atoms with Crippen LogP contribution in [0.4, 0.5) is 13.6 Å². The zero-order valence-corrected chi connectivity index (χ0v) is 10.4. The van der Waals surface area contributed by atoms with Gasteiger partial charge < -0.3 is 14.7 Å². The maximum atomic E-state index is 13.3. The normalized spacial score (nSPS) is 24.6. The molecule has 1 atom stereocenters. The summed E-state index contributed by atoms with van der Waals surface area (Å²) in [6, 6.07) is 0. The minimum atomic E-state index is -2.96. The molecule has 1 fully saturated rings. The van der Waals surface area contributed by atoms with Gasteiger partial charge in [-0.1, -0.05) is 0 Å². The minimum Gasteiger partial charge on any atom is -0.444 e. The molecule has 0 bridgehead atoms. The molecule has 100 valence electrons. The zero-order valence-electron chi connectivity index (χ0n) is 10.4. The molecule has 0 aromatic carbocycles.